The van der Waals surface area contributed by atoms with Crippen LogP contribution in [0, 0.1) is 0 Å². The molecule has 0 aromatic heterocycles. The van der Waals surface area contributed by atoms with Crippen molar-refractivity contribution >= 4 is 79.6 Å². The minimum Gasteiger partial charge on any atom is -0.465 e. The summed E-state index contributed by atoms with van der Waals surface area (Å²) in [6.45, 7) is 1.70. The van der Waals surface area contributed by atoms with E-state index in [2.05, 4.69) is 11.4 Å². The number of fused-ring (bicyclic) bond motifs is 3. The predicted octanol–water partition coefficient (Wildman–Crippen LogP) is 9.76. The summed E-state index contributed by atoms with van der Waals surface area (Å²) in [6.07, 6.45) is 22.1. The zero-order chi connectivity index (χ0) is 42.7. The van der Waals surface area contributed by atoms with Crippen LogP contribution in [-0.2, 0) is 39.3 Å². The Balaban J connectivity index is 0.00000222. The van der Waals surface area contributed by atoms with Crippen LogP contribution in [0.2, 0.25) is 0 Å². The molecule has 3 amide bonds. The number of carbonyl (C=O) groups excluding carboxylic acids is 5. The Morgan fingerprint density at radius 2 is 1.31 bits per heavy atom. The van der Waals surface area contributed by atoms with Gasteiger partial charge in [-0.2, -0.15) is 0 Å². The molecule has 0 bridgehead atoms. The third kappa shape index (κ3) is 19.9. The molecular formula is C44H62N2O9S4. The minimum absolute atomic E-state index is 0.0358. The van der Waals surface area contributed by atoms with Gasteiger partial charge < -0.3 is 14.8 Å². The maximum Gasteiger partial charge on any atom is 0.425 e. The number of anilines is 1. The molecule has 326 valence electrons. The number of rotatable bonds is 30. The van der Waals surface area contributed by atoms with Crippen LogP contribution in [0.1, 0.15) is 146 Å². The number of unbranched alkanes of at least 4 members (excludes halogenated alkanes) is 15. The number of carbonyl (C=O) groups is 5. The van der Waals surface area contributed by atoms with Crippen LogP contribution in [0.4, 0.5) is 5.69 Å². The largest absolute Gasteiger partial charge is 0.465 e. The summed E-state index contributed by atoms with van der Waals surface area (Å²) >= 11 is 1.58. The van der Waals surface area contributed by atoms with Crippen LogP contribution in [0.3, 0.4) is 0 Å². The third-order valence-electron chi connectivity index (χ3n) is 10.4. The molecule has 2 aromatic rings. The highest BCUT2D eigenvalue weighted by molar-refractivity contribution is 8.76. The molecule has 0 saturated carbocycles. The lowest BCUT2D eigenvalue weighted by Gasteiger charge is -2.16. The van der Waals surface area contributed by atoms with Gasteiger partial charge in [-0.3, -0.25) is 24.1 Å². The van der Waals surface area contributed by atoms with E-state index < -0.39 is 10.6 Å². The first-order valence-electron chi connectivity index (χ1n) is 21.2. The summed E-state index contributed by atoms with van der Waals surface area (Å²) in [5.74, 6) is 2.31. The number of esters is 1. The van der Waals surface area contributed by atoms with Crippen molar-refractivity contribution in [3.05, 3.63) is 53.6 Å². The molecule has 1 heterocycles. The predicted molar refractivity (Wildman–Crippen MR) is 240 cm³/mol. The Kier molecular flexibility index (Phi) is 25.5. The first-order valence-corrected chi connectivity index (χ1v) is 25.7. The second kappa shape index (κ2) is 30.0. The van der Waals surface area contributed by atoms with E-state index in [0.717, 1.165) is 60.0 Å². The maximum atomic E-state index is 13.0. The van der Waals surface area contributed by atoms with Crippen LogP contribution < -0.4 is 5.32 Å². The number of aldehydes is 1. The SMILES string of the molecule is CC(=O)OCC1c2ccccc2-c2ccc(NC(=O)CCN3C(=O)CC(SCCCCCCCCCCSSCCCCCCCCCCC=O)C3=O)cc21.O=S(=O)=O. The standard InChI is InChI=1S/C44H62N2O6S3.O3S/c1-34(48)52-33-40-37-22-16-15-21-36(37)38-24-23-35(31-39(38)40)45-42(49)25-26-46-43(50)32-41(44(46)51)53-28-18-12-8-5-6-10-14-20-30-55-54-29-19-13-9-4-2-3-7-11-17-27-47;1-4(2)3/h15-16,21-24,27,31,40-41H,2-14,17-20,25-26,28-30,32-33H2,1H3,(H,45,49);. The number of thioether (sulfide) groups is 1. The van der Waals surface area contributed by atoms with Gasteiger partial charge in [0.15, 0.2) is 0 Å². The molecule has 1 saturated heterocycles. The second-order valence-corrected chi connectivity index (χ2v) is 19.4. The molecule has 1 aliphatic carbocycles. The fraction of sp³-hybridized carbons (Fsp3) is 0.614. The number of nitrogens with one attached hydrogen (secondary N) is 1. The van der Waals surface area contributed by atoms with Gasteiger partial charge in [0.05, 0.1) is 5.25 Å². The van der Waals surface area contributed by atoms with E-state index >= 15 is 0 Å². The number of amides is 3. The van der Waals surface area contributed by atoms with E-state index in [-0.39, 0.29) is 60.9 Å². The molecule has 0 radical (unpaired) electrons. The highest BCUT2D eigenvalue weighted by Gasteiger charge is 2.38. The molecule has 1 N–H and O–H groups in total. The number of ether oxygens (including phenoxy) is 1. The molecule has 1 aliphatic heterocycles. The van der Waals surface area contributed by atoms with E-state index in [1.54, 1.807) is 11.8 Å². The molecule has 2 aromatic carbocycles. The van der Waals surface area contributed by atoms with Gasteiger partial charge in [0.2, 0.25) is 17.7 Å². The molecule has 2 atom stereocenters. The Morgan fingerprint density at radius 1 is 0.763 bits per heavy atom. The fourth-order valence-electron chi connectivity index (χ4n) is 7.34. The van der Waals surface area contributed by atoms with Gasteiger partial charge in [-0.15, -0.1) is 24.4 Å². The number of imide groups is 1. The van der Waals surface area contributed by atoms with E-state index in [1.165, 1.54) is 107 Å². The molecule has 4 rings (SSSR count). The Morgan fingerprint density at radius 3 is 1.90 bits per heavy atom. The lowest BCUT2D eigenvalue weighted by Crippen LogP contribution is -2.34. The van der Waals surface area contributed by atoms with Gasteiger partial charge in [0, 0.05) is 55.8 Å². The molecule has 2 unspecified atom stereocenters. The molecule has 2 aliphatic rings. The van der Waals surface area contributed by atoms with Gasteiger partial charge in [-0.25, -0.2) is 0 Å². The van der Waals surface area contributed by atoms with Crippen LogP contribution in [0.15, 0.2) is 42.5 Å². The third-order valence-corrected chi connectivity index (χ3v) is 14.3. The van der Waals surface area contributed by atoms with Gasteiger partial charge >= 0.3 is 16.6 Å². The maximum absolute atomic E-state index is 13.0. The van der Waals surface area contributed by atoms with Crippen LogP contribution in [-0.4, -0.2) is 83.2 Å². The van der Waals surface area contributed by atoms with Crippen molar-refractivity contribution < 1.29 is 41.3 Å². The Labute approximate surface area is 364 Å². The second-order valence-electron chi connectivity index (χ2n) is 15.0. The Bertz CT molecular complexity index is 1740. The smallest absolute Gasteiger partial charge is 0.425 e. The van der Waals surface area contributed by atoms with Gasteiger partial charge in [-0.1, -0.05) is 129 Å². The number of likely N-dealkylation sites (tertiary alicyclic amines) is 1. The monoisotopic (exact) mass is 890 g/mol. The van der Waals surface area contributed by atoms with Crippen molar-refractivity contribution in [2.75, 3.05) is 35.7 Å². The molecular weight excluding hydrogens is 829 g/mol. The van der Waals surface area contributed by atoms with Gasteiger partial charge in [-0.05, 0) is 65.8 Å². The number of hydrogen-bond acceptors (Lipinski definition) is 12. The molecule has 15 heteroatoms. The number of benzene rings is 2. The van der Waals surface area contributed by atoms with Crippen molar-refractivity contribution in [2.45, 2.75) is 140 Å². The summed E-state index contributed by atoms with van der Waals surface area (Å²) in [4.78, 5) is 61.8. The average molecular weight is 891 g/mol. The first kappa shape index (κ1) is 50.2. The minimum atomic E-state index is -3.11. The first-order chi connectivity index (χ1) is 28.6. The highest BCUT2D eigenvalue weighted by atomic mass is 33.1. The normalized spacial score (nSPS) is 15.3. The highest BCUT2D eigenvalue weighted by Crippen LogP contribution is 2.45. The van der Waals surface area contributed by atoms with Crippen molar-refractivity contribution in [1.82, 2.24) is 4.90 Å². The fourth-order valence-corrected chi connectivity index (χ4v) is 10.8. The van der Waals surface area contributed by atoms with Crippen LogP contribution >= 0.6 is 33.3 Å². The van der Waals surface area contributed by atoms with Gasteiger partial charge in [0.1, 0.15) is 12.9 Å². The van der Waals surface area contributed by atoms with Crippen molar-refractivity contribution in [2.24, 2.45) is 0 Å². The van der Waals surface area contributed by atoms with E-state index in [9.17, 15) is 24.0 Å². The summed E-state index contributed by atoms with van der Waals surface area (Å²) < 4.78 is 30.7. The Hall–Kier alpha value is -3.14. The van der Waals surface area contributed by atoms with Crippen molar-refractivity contribution in [3.8, 4) is 11.1 Å². The van der Waals surface area contributed by atoms with Crippen LogP contribution in [0.25, 0.3) is 11.1 Å². The average Bonchev–Trinajstić information content (AvgIpc) is 3.66. The molecule has 11 nitrogen and oxygen atoms in total. The zero-order valence-corrected chi connectivity index (χ0v) is 37.8. The lowest BCUT2D eigenvalue weighted by atomic mass is 9.97. The van der Waals surface area contributed by atoms with Gasteiger partial charge in [0.25, 0.3) is 0 Å². The summed E-state index contributed by atoms with van der Waals surface area (Å²) in [6, 6.07) is 13.8. The summed E-state index contributed by atoms with van der Waals surface area (Å²) in [7, 11) is 0.966. The van der Waals surface area contributed by atoms with E-state index in [0.29, 0.717) is 5.69 Å². The molecule has 1 fully saturated rings. The summed E-state index contributed by atoms with van der Waals surface area (Å²) in [5, 5.41) is 2.59. The number of nitrogens with zero attached hydrogens (tertiary/aromatic N) is 1. The van der Waals surface area contributed by atoms with E-state index in [1.807, 2.05) is 58.0 Å². The van der Waals surface area contributed by atoms with Crippen molar-refractivity contribution in [3.63, 3.8) is 0 Å². The topological polar surface area (TPSA) is 161 Å². The number of hydrogen-bond donors (Lipinski definition) is 1. The lowest BCUT2D eigenvalue weighted by molar-refractivity contribution is -0.141. The summed E-state index contributed by atoms with van der Waals surface area (Å²) in [5.41, 5.74) is 4.86. The molecule has 0 spiro atoms. The molecule has 59 heavy (non-hydrogen) atoms. The van der Waals surface area contributed by atoms with Crippen molar-refractivity contribution in [1.29, 1.82) is 0 Å². The van der Waals surface area contributed by atoms with E-state index in [4.69, 9.17) is 17.4 Å². The zero-order valence-electron chi connectivity index (χ0n) is 34.5. The van der Waals surface area contributed by atoms with Crippen LogP contribution in [0.5, 0.6) is 0 Å². The quantitative estimate of drug-likeness (QED) is 0.0260.